The Kier molecular flexibility index (Phi) is 9.24. The fourth-order valence-electron chi connectivity index (χ4n) is 1.37. The van der Waals surface area contributed by atoms with Gasteiger partial charge in [0.05, 0.1) is 18.6 Å². The van der Waals surface area contributed by atoms with Gasteiger partial charge in [0.2, 0.25) is 0 Å². The third kappa shape index (κ3) is 9.93. The minimum absolute atomic E-state index is 0.00138. The first-order valence-corrected chi connectivity index (χ1v) is 6.08. The molecule has 16 heavy (non-hydrogen) atoms. The zero-order valence-electron chi connectivity index (χ0n) is 10.3. The topological polar surface area (TPSA) is 66.8 Å². The summed E-state index contributed by atoms with van der Waals surface area (Å²) in [5.74, 6) is -0.441. The van der Waals surface area contributed by atoms with E-state index < -0.39 is 18.2 Å². The van der Waals surface area contributed by atoms with Gasteiger partial charge in [-0.15, -0.1) is 0 Å². The maximum Gasteiger partial charge on any atom is 0.308 e. The standard InChI is InChI=1S/C12H24O4/c1-3-4-5-6-7-11(14)8-12(15)16-9-10(2)13/h10-11,13-14H,3-9H2,1-2H3. The van der Waals surface area contributed by atoms with Gasteiger partial charge in [-0.3, -0.25) is 4.79 Å². The molecule has 0 aliphatic heterocycles. The van der Waals surface area contributed by atoms with Crippen LogP contribution in [0.15, 0.2) is 0 Å². The van der Waals surface area contributed by atoms with Crippen molar-refractivity contribution in [2.75, 3.05) is 6.61 Å². The van der Waals surface area contributed by atoms with Gasteiger partial charge in [-0.05, 0) is 13.3 Å². The number of aliphatic hydroxyl groups excluding tert-OH is 2. The van der Waals surface area contributed by atoms with Crippen molar-refractivity contribution in [1.82, 2.24) is 0 Å². The van der Waals surface area contributed by atoms with Crippen molar-refractivity contribution in [3.05, 3.63) is 0 Å². The molecule has 0 radical (unpaired) electrons. The predicted molar refractivity (Wildman–Crippen MR) is 62.0 cm³/mol. The van der Waals surface area contributed by atoms with E-state index in [1.54, 1.807) is 6.92 Å². The highest BCUT2D eigenvalue weighted by molar-refractivity contribution is 5.69. The molecule has 2 N–H and O–H groups in total. The maximum atomic E-state index is 11.2. The lowest BCUT2D eigenvalue weighted by molar-refractivity contribution is -0.148. The summed E-state index contributed by atoms with van der Waals surface area (Å²) >= 11 is 0. The molecular weight excluding hydrogens is 208 g/mol. The second-order valence-corrected chi connectivity index (χ2v) is 4.24. The molecule has 0 aromatic heterocycles. The Hall–Kier alpha value is -0.610. The van der Waals surface area contributed by atoms with Gasteiger partial charge in [-0.1, -0.05) is 32.6 Å². The molecule has 0 heterocycles. The highest BCUT2D eigenvalue weighted by Crippen LogP contribution is 2.08. The number of rotatable bonds is 9. The summed E-state index contributed by atoms with van der Waals surface area (Å²) < 4.78 is 4.75. The SMILES string of the molecule is CCCCCCC(O)CC(=O)OCC(C)O. The minimum Gasteiger partial charge on any atom is -0.463 e. The Morgan fingerprint density at radius 1 is 1.25 bits per heavy atom. The van der Waals surface area contributed by atoms with E-state index >= 15 is 0 Å². The van der Waals surface area contributed by atoms with Gasteiger partial charge < -0.3 is 14.9 Å². The molecular formula is C12H24O4. The lowest BCUT2D eigenvalue weighted by atomic mass is 10.1. The van der Waals surface area contributed by atoms with Crippen molar-refractivity contribution in [2.45, 2.75) is 64.6 Å². The van der Waals surface area contributed by atoms with Crippen LogP contribution in [-0.4, -0.2) is 35.0 Å². The predicted octanol–water partition coefficient (Wildman–Crippen LogP) is 1.63. The molecule has 2 atom stereocenters. The van der Waals surface area contributed by atoms with Crippen LogP contribution in [0.3, 0.4) is 0 Å². The first-order chi connectivity index (χ1) is 7.56. The lowest BCUT2D eigenvalue weighted by Gasteiger charge is -2.11. The molecule has 0 aromatic carbocycles. The van der Waals surface area contributed by atoms with Gasteiger partial charge >= 0.3 is 5.97 Å². The number of unbranched alkanes of at least 4 members (excludes halogenated alkanes) is 3. The zero-order chi connectivity index (χ0) is 12.4. The average molecular weight is 232 g/mol. The summed E-state index contributed by atoms with van der Waals surface area (Å²) in [7, 11) is 0. The fourth-order valence-corrected chi connectivity index (χ4v) is 1.37. The number of esters is 1. The first kappa shape index (κ1) is 15.4. The Balaban J connectivity index is 3.46. The average Bonchev–Trinajstić information content (AvgIpc) is 2.21. The van der Waals surface area contributed by atoms with Crippen molar-refractivity contribution in [2.24, 2.45) is 0 Å². The number of hydrogen-bond acceptors (Lipinski definition) is 4. The molecule has 4 nitrogen and oxygen atoms in total. The molecule has 0 aliphatic carbocycles. The molecule has 0 aliphatic rings. The Labute approximate surface area is 97.6 Å². The molecule has 0 amide bonds. The highest BCUT2D eigenvalue weighted by Gasteiger charge is 2.12. The smallest absolute Gasteiger partial charge is 0.308 e. The van der Waals surface area contributed by atoms with E-state index in [4.69, 9.17) is 9.84 Å². The minimum atomic E-state index is -0.648. The second-order valence-electron chi connectivity index (χ2n) is 4.24. The molecule has 0 fully saturated rings. The molecule has 0 bridgehead atoms. The van der Waals surface area contributed by atoms with Crippen LogP contribution in [0.5, 0.6) is 0 Å². The summed E-state index contributed by atoms with van der Waals surface area (Å²) in [6.45, 7) is 3.68. The molecule has 2 unspecified atom stereocenters. The highest BCUT2D eigenvalue weighted by atomic mass is 16.5. The Bertz CT molecular complexity index is 180. The van der Waals surface area contributed by atoms with E-state index in [0.717, 1.165) is 19.3 Å². The molecule has 0 aromatic rings. The summed E-state index contributed by atoms with van der Waals surface area (Å²) in [5, 5.41) is 18.4. The number of aliphatic hydroxyl groups is 2. The van der Waals surface area contributed by atoms with Crippen molar-refractivity contribution in [3.63, 3.8) is 0 Å². The lowest BCUT2D eigenvalue weighted by Crippen LogP contribution is -2.20. The quantitative estimate of drug-likeness (QED) is 0.468. The molecule has 96 valence electrons. The summed E-state index contributed by atoms with van der Waals surface area (Å²) in [5.41, 5.74) is 0. The van der Waals surface area contributed by atoms with Crippen molar-refractivity contribution in [3.8, 4) is 0 Å². The number of ether oxygens (including phenoxy) is 1. The molecule has 0 spiro atoms. The Morgan fingerprint density at radius 3 is 2.50 bits per heavy atom. The van der Waals surface area contributed by atoms with Gasteiger partial charge in [0.15, 0.2) is 0 Å². The van der Waals surface area contributed by atoms with Crippen LogP contribution in [0.1, 0.15) is 52.4 Å². The van der Waals surface area contributed by atoms with Crippen LogP contribution in [-0.2, 0) is 9.53 Å². The molecule has 0 saturated carbocycles. The monoisotopic (exact) mass is 232 g/mol. The van der Waals surface area contributed by atoms with Gasteiger partial charge in [0.25, 0.3) is 0 Å². The van der Waals surface area contributed by atoms with Crippen LogP contribution in [0.4, 0.5) is 0 Å². The maximum absolute atomic E-state index is 11.2. The van der Waals surface area contributed by atoms with E-state index in [9.17, 15) is 9.90 Å². The molecule has 0 saturated heterocycles. The largest absolute Gasteiger partial charge is 0.463 e. The number of carbonyl (C=O) groups is 1. The zero-order valence-corrected chi connectivity index (χ0v) is 10.3. The van der Waals surface area contributed by atoms with Crippen molar-refractivity contribution >= 4 is 5.97 Å². The van der Waals surface area contributed by atoms with E-state index in [-0.39, 0.29) is 13.0 Å². The van der Waals surface area contributed by atoms with Crippen molar-refractivity contribution < 1.29 is 19.7 Å². The summed E-state index contributed by atoms with van der Waals surface area (Å²) in [4.78, 5) is 11.2. The molecule has 0 rings (SSSR count). The van der Waals surface area contributed by atoms with E-state index in [1.165, 1.54) is 6.42 Å². The van der Waals surface area contributed by atoms with Crippen LogP contribution in [0.25, 0.3) is 0 Å². The van der Waals surface area contributed by atoms with Gasteiger partial charge in [-0.2, -0.15) is 0 Å². The van der Waals surface area contributed by atoms with E-state index in [2.05, 4.69) is 6.92 Å². The first-order valence-electron chi connectivity index (χ1n) is 6.08. The fraction of sp³-hybridized carbons (Fsp3) is 0.917. The van der Waals surface area contributed by atoms with Crippen molar-refractivity contribution in [1.29, 1.82) is 0 Å². The summed E-state index contributed by atoms with van der Waals surface area (Å²) in [6.07, 6.45) is 3.77. The second kappa shape index (κ2) is 9.60. The van der Waals surface area contributed by atoms with E-state index in [1.807, 2.05) is 0 Å². The van der Waals surface area contributed by atoms with Gasteiger partial charge in [-0.25, -0.2) is 0 Å². The molecule has 4 heteroatoms. The van der Waals surface area contributed by atoms with Crippen LogP contribution in [0, 0.1) is 0 Å². The normalized spacial score (nSPS) is 14.5. The Morgan fingerprint density at radius 2 is 1.94 bits per heavy atom. The van der Waals surface area contributed by atoms with Crippen LogP contribution in [0.2, 0.25) is 0 Å². The third-order valence-corrected chi connectivity index (χ3v) is 2.28. The van der Waals surface area contributed by atoms with Gasteiger partial charge in [0, 0.05) is 0 Å². The van der Waals surface area contributed by atoms with Crippen LogP contribution < -0.4 is 0 Å². The summed E-state index contributed by atoms with van der Waals surface area (Å²) in [6, 6.07) is 0. The number of hydrogen-bond donors (Lipinski definition) is 2. The van der Waals surface area contributed by atoms with Gasteiger partial charge in [0.1, 0.15) is 6.61 Å². The van der Waals surface area contributed by atoms with E-state index in [0.29, 0.717) is 6.42 Å². The van der Waals surface area contributed by atoms with Crippen LogP contribution >= 0.6 is 0 Å². The third-order valence-electron chi connectivity index (χ3n) is 2.28. The number of carbonyl (C=O) groups excluding carboxylic acids is 1.